The summed E-state index contributed by atoms with van der Waals surface area (Å²) >= 11 is 16.5. The van der Waals surface area contributed by atoms with E-state index in [0.717, 1.165) is 0 Å². The minimum absolute atomic E-state index is 0.0362. The molecule has 11 atom stereocenters. The fraction of sp³-hybridized carbons (Fsp3) is 0.712. The molecule has 33 nitrogen and oxygen atoms in total. The van der Waals surface area contributed by atoms with Gasteiger partial charge in [0, 0.05) is 49.2 Å². The van der Waals surface area contributed by atoms with Crippen molar-refractivity contribution in [2.75, 3.05) is 62.3 Å². The van der Waals surface area contributed by atoms with Crippen molar-refractivity contribution >= 4 is 139 Å². The van der Waals surface area contributed by atoms with Gasteiger partial charge in [-0.15, -0.1) is 0 Å². The Morgan fingerprint density at radius 1 is 0.506 bits per heavy atom. The fourth-order valence-corrected chi connectivity index (χ4v) is 10.1. The van der Waals surface area contributed by atoms with Crippen LogP contribution in [0.2, 0.25) is 0 Å². The number of amides is 12. The number of carboxylic acid groups (broad SMARTS) is 1. The van der Waals surface area contributed by atoms with Crippen molar-refractivity contribution in [1.29, 1.82) is 0 Å². The molecule has 21 N–H and O–H groups in total. The molecule has 0 unspecified atom stereocenters. The van der Waals surface area contributed by atoms with Gasteiger partial charge in [0.1, 0.15) is 60.4 Å². The van der Waals surface area contributed by atoms with Crippen molar-refractivity contribution in [1.82, 2.24) is 63.0 Å². The number of thiol groups is 4. The second-order valence-electron chi connectivity index (χ2n) is 22.0. The van der Waals surface area contributed by atoms with Crippen LogP contribution in [-0.2, 0) is 62.3 Å². The summed E-state index contributed by atoms with van der Waals surface area (Å²) in [6.45, 7) is 7.39. The van der Waals surface area contributed by atoms with Gasteiger partial charge in [-0.2, -0.15) is 50.5 Å². The van der Waals surface area contributed by atoms with E-state index < -0.39 is 162 Å². The lowest BCUT2D eigenvalue weighted by Gasteiger charge is -2.32. The van der Waals surface area contributed by atoms with E-state index in [2.05, 4.69) is 114 Å². The van der Waals surface area contributed by atoms with E-state index >= 15 is 0 Å². The third-order valence-corrected chi connectivity index (χ3v) is 15.5. The first-order chi connectivity index (χ1) is 41.9. The summed E-state index contributed by atoms with van der Waals surface area (Å²) in [6.07, 6.45) is 1.39. The number of guanidine groups is 2. The molecule has 0 saturated carbocycles. The highest BCUT2D eigenvalue weighted by Gasteiger charge is 2.42. The summed E-state index contributed by atoms with van der Waals surface area (Å²) in [5.41, 5.74) is 27.6. The summed E-state index contributed by atoms with van der Waals surface area (Å²) in [6, 6.07) is -13.5. The number of rotatable bonds is 38. The van der Waals surface area contributed by atoms with Crippen LogP contribution in [0, 0.1) is 11.8 Å². The molecule has 502 valence electrons. The maximum absolute atomic E-state index is 14.5. The smallest absolute Gasteiger partial charge is 0.327 e. The molecule has 12 amide bonds. The van der Waals surface area contributed by atoms with Gasteiger partial charge in [0.15, 0.2) is 11.9 Å². The first-order valence-electron chi connectivity index (χ1n) is 29.0. The highest BCUT2D eigenvalue weighted by molar-refractivity contribution is 7.80. The summed E-state index contributed by atoms with van der Waals surface area (Å²) in [4.78, 5) is 184. The maximum Gasteiger partial charge on any atom is 0.327 e. The minimum atomic E-state index is -1.41. The molecule has 0 aromatic carbocycles. The Bertz CT molecular complexity index is 2550. The molecule has 2 saturated heterocycles. The molecule has 89 heavy (non-hydrogen) atoms. The van der Waals surface area contributed by atoms with Crippen molar-refractivity contribution in [2.45, 2.75) is 159 Å². The van der Waals surface area contributed by atoms with Crippen LogP contribution in [0.4, 0.5) is 0 Å². The van der Waals surface area contributed by atoms with Gasteiger partial charge in [-0.1, -0.05) is 27.7 Å². The summed E-state index contributed by atoms with van der Waals surface area (Å²) in [5, 5.41) is 34.5. The van der Waals surface area contributed by atoms with Gasteiger partial charge in [0.2, 0.25) is 70.9 Å². The lowest BCUT2D eigenvalue weighted by molar-refractivity contribution is -0.143. The molecule has 2 rings (SSSR count). The van der Waals surface area contributed by atoms with Crippen LogP contribution in [0.3, 0.4) is 0 Å². The highest BCUT2D eigenvalue weighted by atomic mass is 32.1. The number of nitrogens with one attached hydrogen (secondary N) is 10. The van der Waals surface area contributed by atoms with E-state index in [9.17, 15) is 67.4 Å². The summed E-state index contributed by atoms with van der Waals surface area (Å²) < 4.78 is 0. The van der Waals surface area contributed by atoms with Crippen molar-refractivity contribution < 1.29 is 67.4 Å². The SMILES string of the molecule is CC(C)C[C@H](NC(=O)CNC(=O)[C@H](CCCN=C(N)N)NC(=O)[C@H](CS)NC(=O)[C@H](C)NC(=O)[C@@H]1CCCN1C(=O)[C@H](CCCN=C(N)N)NC(=O)[C@H](CS)NC(=O)[C@@H]1CCCN1C(=O)[C@@H](NC(=O)CNC(=O)[C@@H](N)CS)C(C)C)C(=O)N[C@@H](CS)C(=O)O. The van der Waals surface area contributed by atoms with Gasteiger partial charge in [0.25, 0.3) is 0 Å². The number of carbonyl (C=O) groups is 13. The van der Waals surface area contributed by atoms with Crippen LogP contribution >= 0.6 is 50.5 Å². The largest absolute Gasteiger partial charge is 0.480 e. The molecule has 0 bridgehead atoms. The number of likely N-dealkylation sites (tertiary alicyclic amines) is 2. The standard InChI is InChI=1S/C52H91N19O14S4/c1-25(2)18-31(43(77)68-34(24-89)50(84)85)63-37(72)19-61-42(76)29(10-6-14-58-51(54)55)64-44(78)32(22-87)66-40(74)27(5)62-46(80)35-12-8-16-70(35)48(82)30(11-7-15-59-52(56)57)65-45(79)33(23-88)67-47(81)36-13-9-17-71(36)49(83)39(26(3)4)69-38(73)20-60-41(75)28(53)21-86/h25-36,39,86-89H,6-24,53H2,1-5H3,(H,60,75)(H,61,76)(H,62,80)(H,63,72)(H,64,78)(H,65,79)(H,66,74)(H,67,81)(H,68,77)(H,69,73)(H,84,85)(H4,54,55,58)(H4,56,57,59)/t27-,28-,29-,30-,31-,32-,33-,34-,35-,36-,39-/m0/s1. The number of aliphatic imine (C=N–C) groups is 2. The average molecular weight is 1330 g/mol. The minimum Gasteiger partial charge on any atom is -0.480 e. The lowest BCUT2D eigenvalue weighted by atomic mass is 10.0. The fourth-order valence-electron chi connectivity index (χ4n) is 9.21. The number of aliphatic carboxylic acids is 1. The summed E-state index contributed by atoms with van der Waals surface area (Å²) in [5.74, 6) is -12.2. The number of carbonyl (C=O) groups excluding carboxylic acids is 12. The molecule has 37 heteroatoms. The average Bonchev–Trinajstić information content (AvgIpc) is 2.00. The van der Waals surface area contributed by atoms with Crippen LogP contribution in [-0.4, -0.2) is 232 Å². The van der Waals surface area contributed by atoms with E-state index in [-0.39, 0.29) is 112 Å². The van der Waals surface area contributed by atoms with Crippen LogP contribution in [0.5, 0.6) is 0 Å². The Hall–Kier alpha value is -6.99. The molecule has 2 aliphatic heterocycles. The zero-order valence-corrected chi connectivity index (χ0v) is 54.2. The molecule has 2 heterocycles. The second-order valence-corrected chi connectivity index (χ2v) is 23.4. The van der Waals surface area contributed by atoms with Crippen molar-refractivity contribution in [3.8, 4) is 0 Å². The van der Waals surface area contributed by atoms with Gasteiger partial charge >= 0.3 is 5.97 Å². The maximum atomic E-state index is 14.5. The van der Waals surface area contributed by atoms with Gasteiger partial charge in [-0.3, -0.25) is 67.5 Å². The van der Waals surface area contributed by atoms with Crippen LogP contribution in [0.1, 0.15) is 92.4 Å². The highest BCUT2D eigenvalue weighted by Crippen LogP contribution is 2.23. The third kappa shape index (κ3) is 26.9. The van der Waals surface area contributed by atoms with Gasteiger partial charge in [-0.25, -0.2) is 4.79 Å². The predicted octanol–water partition coefficient (Wildman–Crippen LogP) is -6.96. The van der Waals surface area contributed by atoms with Crippen LogP contribution in [0.25, 0.3) is 0 Å². The van der Waals surface area contributed by atoms with Gasteiger partial charge < -0.3 is 96.7 Å². The molecular formula is C52H91N19O14S4. The monoisotopic (exact) mass is 1330 g/mol. The van der Waals surface area contributed by atoms with E-state index in [4.69, 9.17) is 28.7 Å². The number of carboxylic acids is 1. The molecule has 0 aromatic rings. The first-order valence-corrected chi connectivity index (χ1v) is 31.5. The van der Waals surface area contributed by atoms with E-state index in [1.165, 1.54) is 16.7 Å². The zero-order valence-electron chi connectivity index (χ0n) is 50.7. The molecule has 0 radical (unpaired) electrons. The van der Waals surface area contributed by atoms with Crippen molar-refractivity contribution in [2.24, 2.45) is 50.5 Å². The van der Waals surface area contributed by atoms with Crippen LogP contribution < -0.4 is 81.8 Å². The topological polar surface area (TPSA) is 524 Å². The number of nitrogens with two attached hydrogens (primary N) is 5. The van der Waals surface area contributed by atoms with E-state index in [1.54, 1.807) is 27.7 Å². The van der Waals surface area contributed by atoms with Gasteiger partial charge in [0.05, 0.1) is 19.1 Å². The molecular weight excluding hydrogens is 1240 g/mol. The van der Waals surface area contributed by atoms with Gasteiger partial charge in [-0.05, 0) is 76.5 Å². The predicted molar refractivity (Wildman–Crippen MR) is 342 cm³/mol. The number of hydrogen-bond donors (Lipinski definition) is 20. The number of nitrogens with zero attached hydrogens (tertiary/aromatic N) is 4. The van der Waals surface area contributed by atoms with E-state index in [0.29, 0.717) is 12.8 Å². The Labute approximate surface area is 538 Å². The Kier molecular flexibility index (Phi) is 35.0. The first kappa shape index (κ1) is 78.1. The van der Waals surface area contributed by atoms with Crippen molar-refractivity contribution in [3.05, 3.63) is 0 Å². The molecule has 0 aromatic heterocycles. The third-order valence-electron chi connectivity index (χ3n) is 14.0. The number of hydrogen-bond acceptors (Lipinski definition) is 20. The van der Waals surface area contributed by atoms with Crippen molar-refractivity contribution in [3.63, 3.8) is 0 Å². The quantitative estimate of drug-likeness (QED) is 0.0118. The normalized spacial score (nSPS) is 17.5. The molecule has 0 spiro atoms. The zero-order chi connectivity index (χ0) is 67.2. The summed E-state index contributed by atoms with van der Waals surface area (Å²) in [7, 11) is 0. The Morgan fingerprint density at radius 2 is 0.944 bits per heavy atom. The molecule has 2 fully saturated rings. The molecule has 0 aliphatic carbocycles. The Morgan fingerprint density at radius 3 is 1.43 bits per heavy atom. The lowest BCUT2D eigenvalue weighted by Crippen LogP contribution is -2.60. The van der Waals surface area contributed by atoms with E-state index in [1.807, 2.05) is 0 Å². The Balaban J connectivity index is 2.22. The van der Waals surface area contributed by atoms with Crippen LogP contribution in [0.15, 0.2) is 9.98 Å². The second kappa shape index (κ2) is 39.9. The molecule has 2 aliphatic rings.